The topological polar surface area (TPSA) is 74.4 Å². The number of nitriles is 1. The second kappa shape index (κ2) is 9.23. The van der Waals surface area contributed by atoms with Crippen LogP contribution in [0.3, 0.4) is 0 Å². The summed E-state index contributed by atoms with van der Waals surface area (Å²) >= 11 is 0. The first-order chi connectivity index (χ1) is 16.5. The van der Waals surface area contributed by atoms with E-state index >= 15 is 0 Å². The maximum atomic E-state index is 13.4. The predicted octanol–water partition coefficient (Wildman–Crippen LogP) is 3.93. The molecule has 1 saturated heterocycles. The lowest BCUT2D eigenvalue weighted by atomic mass is 10.0. The predicted molar refractivity (Wildman–Crippen MR) is 126 cm³/mol. The molecule has 0 N–H and O–H groups in total. The van der Waals surface area contributed by atoms with Crippen LogP contribution < -0.4 is 15.2 Å². The minimum atomic E-state index is -4.46. The number of methoxy groups -OCH3 is 1. The number of benzene rings is 1. The van der Waals surface area contributed by atoms with E-state index in [9.17, 15) is 23.2 Å². The number of nitrogens with zero attached hydrogens (tertiary/aromatic N) is 5. The fourth-order valence-electron chi connectivity index (χ4n) is 4.62. The van der Waals surface area contributed by atoms with E-state index < -0.39 is 11.7 Å². The normalized spacial score (nSPS) is 19.1. The smallest absolute Gasteiger partial charge is 0.416 e. The molecule has 3 aromatic rings. The highest BCUT2D eigenvalue weighted by molar-refractivity contribution is 5.89. The molecule has 1 fully saturated rings. The van der Waals surface area contributed by atoms with Crippen molar-refractivity contribution in [3.63, 3.8) is 0 Å². The summed E-state index contributed by atoms with van der Waals surface area (Å²) in [5.41, 5.74) is 1.71. The Hall–Kier alpha value is -3.58. The highest BCUT2D eigenvalue weighted by atomic mass is 19.4. The molecule has 184 valence electrons. The van der Waals surface area contributed by atoms with Crippen molar-refractivity contribution in [2.24, 2.45) is 7.05 Å². The van der Waals surface area contributed by atoms with Crippen LogP contribution in [0, 0.1) is 11.3 Å². The lowest BCUT2D eigenvalue weighted by Gasteiger charge is -2.45. The van der Waals surface area contributed by atoms with Gasteiger partial charge < -0.3 is 14.2 Å². The van der Waals surface area contributed by atoms with Crippen LogP contribution in [-0.2, 0) is 19.8 Å². The lowest BCUT2D eigenvalue weighted by Crippen LogP contribution is -2.56. The first-order valence-electron chi connectivity index (χ1n) is 11.2. The van der Waals surface area contributed by atoms with Gasteiger partial charge in [0.2, 0.25) is 0 Å². The van der Waals surface area contributed by atoms with E-state index in [-0.39, 0.29) is 29.1 Å². The maximum Gasteiger partial charge on any atom is 0.416 e. The van der Waals surface area contributed by atoms with Crippen LogP contribution in [0.15, 0.2) is 41.2 Å². The van der Waals surface area contributed by atoms with E-state index in [0.717, 1.165) is 12.1 Å². The van der Waals surface area contributed by atoms with Crippen LogP contribution in [0.5, 0.6) is 5.75 Å². The number of rotatable bonds is 4. The molecule has 4 rings (SSSR count). The summed E-state index contributed by atoms with van der Waals surface area (Å²) in [5, 5.41) is 9.32. The highest BCUT2D eigenvalue weighted by Gasteiger charge is 2.33. The van der Waals surface area contributed by atoms with E-state index in [2.05, 4.69) is 14.8 Å². The summed E-state index contributed by atoms with van der Waals surface area (Å²) in [6.07, 6.45) is -4.46. The van der Waals surface area contributed by atoms with Gasteiger partial charge in [0.25, 0.3) is 5.56 Å². The molecule has 2 atom stereocenters. The van der Waals surface area contributed by atoms with E-state index in [1.54, 1.807) is 25.2 Å². The lowest BCUT2D eigenvalue weighted by molar-refractivity contribution is -0.137. The Morgan fingerprint density at radius 3 is 2.54 bits per heavy atom. The number of ether oxygens (including phenoxy) is 1. The van der Waals surface area contributed by atoms with Crippen LogP contribution in [0.4, 0.5) is 18.9 Å². The number of fused-ring (bicyclic) bond motifs is 1. The zero-order chi connectivity index (χ0) is 25.5. The van der Waals surface area contributed by atoms with Crippen molar-refractivity contribution in [1.82, 2.24) is 14.5 Å². The Morgan fingerprint density at radius 1 is 1.14 bits per heavy atom. The van der Waals surface area contributed by atoms with Crippen molar-refractivity contribution >= 4 is 16.7 Å². The summed E-state index contributed by atoms with van der Waals surface area (Å²) in [4.78, 5) is 21.3. The largest absolute Gasteiger partial charge is 0.497 e. The van der Waals surface area contributed by atoms with Gasteiger partial charge in [-0.05, 0) is 49.7 Å². The number of aromatic nitrogens is 2. The number of pyridine rings is 2. The van der Waals surface area contributed by atoms with Gasteiger partial charge in [-0.3, -0.25) is 9.69 Å². The van der Waals surface area contributed by atoms with Crippen molar-refractivity contribution in [1.29, 1.82) is 5.26 Å². The molecule has 0 amide bonds. The average molecular weight is 486 g/mol. The second-order valence-electron chi connectivity index (χ2n) is 8.95. The standard InChI is InChI=1S/C25H26F3N5O2/c1-15-13-33(22-10-23(34)31(3)21-6-5-19(11-29)30-24(21)22)16(2)12-32(15)14-17-7-18(25(26,27)28)9-20(8-17)35-4/h5-10,15-16H,12-14H2,1-4H3/t15-,16+/m1/s1. The molecule has 0 saturated carbocycles. The average Bonchev–Trinajstić information content (AvgIpc) is 2.82. The summed E-state index contributed by atoms with van der Waals surface area (Å²) in [5.74, 6) is 0.167. The Balaban J connectivity index is 1.65. The molecule has 0 unspecified atom stereocenters. The fraction of sp³-hybridized carbons (Fsp3) is 0.400. The molecule has 1 aromatic carbocycles. The number of hydrogen-bond donors (Lipinski definition) is 0. The van der Waals surface area contributed by atoms with Gasteiger partial charge in [0.15, 0.2) is 0 Å². The molecular formula is C25H26F3N5O2. The molecule has 0 radical (unpaired) electrons. The third-order valence-electron chi connectivity index (χ3n) is 6.52. The quantitative estimate of drug-likeness (QED) is 0.558. The van der Waals surface area contributed by atoms with Crippen LogP contribution in [-0.4, -0.2) is 46.7 Å². The van der Waals surface area contributed by atoms with E-state index in [1.165, 1.54) is 17.7 Å². The molecule has 0 spiro atoms. The highest BCUT2D eigenvalue weighted by Crippen LogP contribution is 2.34. The van der Waals surface area contributed by atoms with Crippen LogP contribution in [0.2, 0.25) is 0 Å². The van der Waals surface area contributed by atoms with Gasteiger partial charge in [-0.1, -0.05) is 0 Å². The zero-order valence-corrected chi connectivity index (χ0v) is 19.9. The molecular weight excluding hydrogens is 459 g/mol. The van der Waals surface area contributed by atoms with Gasteiger partial charge in [-0.15, -0.1) is 0 Å². The number of anilines is 1. The number of hydrogen-bond acceptors (Lipinski definition) is 6. The molecule has 0 bridgehead atoms. The molecule has 35 heavy (non-hydrogen) atoms. The van der Waals surface area contributed by atoms with Crippen molar-refractivity contribution in [3.8, 4) is 11.8 Å². The van der Waals surface area contributed by atoms with Crippen LogP contribution in [0.1, 0.15) is 30.7 Å². The molecule has 0 aliphatic carbocycles. The van der Waals surface area contributed by atoms with Gasteiger partial charge in [-0.2, -0.15) is 18.4 Å². The van der Waals surface area contributed by atoms with Crippen molar-refractivity contribution in [3.05, 3.63) is 63.6 Å². The van der Waals surface area contributed by atoms with Gasteiger partial charge in [-0.25, -0.2) is 4.98 Å². The van der Waals surface area contributed by atoms with E-state index in [4.69, 9.17) is 4.74 Å². The molecule has 1 aliphatic heterocycles. The number of piperazine rings is 1. The van der Waals surface area contributed by atoms with E-state index in [1.807, 2.05) is 19.9 Å². The van der Waals surface area contributed by atoms with Crippen LogP contribution in [0.25, 0.3) is 11.0 Å². The van der Waals surface area contributed by atoms with Gasteiger partial charge in [0.05, 0.1) is 23.9 Å². The zero-order valence-electron chi connectivity index (χ0n) is 19.9. The second-order valence-corrected chi connectivity index (χ2v) is 8.95. The van der Waals surface area contributed by atoms with Gasteiger partial charge >= 0.3 is 6.18 Å². The number of aryl methyl sites for hydroxylation is 1. The number of alkyl halides is 3. The fourth-order valence-corrected chi connectivity index (χ4v) is 4.62. The first kappa shape index (κ1) is 24.5. The molecule has 1 aliphatic rings. The Labute approximate surface area is 201 Å². The number of halogens is 3. The monoisotopic (exact) mass is 485 g/mol. The SMILES string of the molecule is COc1cc(CN2C[C@H](C)N(c3cc(=O)n(C)c4ccc(C#N)nc34)C[C@H]2C)cc(C(F)(F)F)c1. The van der Waals surface area contributed by atoms with Crippen LogP contribution >= 0.6 is 0 Å². The summed E-state index contributed by atoms with van der Waals surface area (Å²) in [6, 6.07) is 10.6. The molecule has 7 nitrogen and oxygen atoms in total. The van der Waals surface area contributed by atoms with E-state index in [0.29, 0.717) is 41.9 Å². The minimum absolute atomic E-state index is 0.0232. The Bertz CT molecular complexity index is 1360. The molecule has 2 aromatic heterocycles. The van der Waals surface area contributed by atoms with Crippen molar-refractivity contribution in [2.45, 2.75) is 38.7 Å². The van der Waals surface area contributed by atoms with Gasteiger partial charge in [0, 0.05) is 44.8 Å². The van der Waals surface area contributed by atoms with Gasteiger partial charge in [0.1, 0.15) is 23.0 Å². The Morgan fingerprint density at radius 2 is 1.89 bits per heavy atom. The minimum Gasteiger partial charge on any atom is -0.497 e. The van der Waals surface area contributed by atoms with Crippen molar-refractivity contribution < 1.29 is 17.9 Å². The third-order valence-corrected chi connectivity index (χ3v) is 6.52. The van der Waals surface area contributed by atoms with Crippen molar-refractivity contribution in [2.75, 3.05) is 25.1 Å². The summed E-state index contributed by atoms with van der Waals surface area (Å²) in [6.45, 7) is 5.43. The molecule has 3 heterocycles. The maximum absolute atomic E-state index is 13.4. The summed E-state index contributed by atoms with van der Waals surface area (Å²) < 4.78 is 46.7. The molecule has 10 heteroatoms. The third kappa shape index (κ3) is 4.82. The first-order valence-corrected chi connectivity index (χ1v) is 11.2. The Kier molecular flexibility index (Phi) is 6.47. The summed E-state index contributed by atoms with van der Waals surface area (Å²) in [7, 11) is 3.01.